The van der Waals surface area contributed by atoms with E-state index < -0.39 is 48.0 Å². The first-order valence-corrected chi connectivity index (χ1v) is 12.1. The molecule has 0 spiro atoms. The highest BCUT2D eigenvalue weighted by Crippen LogP contribution is 2.47. The zero-order valence-corrected chi connectivity index (χ0v) is 20.7. The second-order valence-corrected chi connectivity index (χ2v) is 9.15. The van der Waals surface area contributed by atoms with Crippen LogP contribution in [0.15, 0.2) is 72.8 Å². The molecule has 3 nitrogen and oxygen atoms in total. The highest BCUT2D eigenvalue weighted by Gasteiger charge is 2.41. The predicted octanol–water partition coefficient (Wildman–Crippen LogP) is 7.62. The lowest BCUT2D eigenvalue weighted by Gasteiger charge is -2.37. The van der Waals surface area contributed by atoms with Crippen LogP contribution in [0.2, 0.25) is 0 Å². The van der Waals surface area contributed by atoms with Gasteiger partial charge in [0, 0.05) is 12.0 Å². The van der Waals surface area contributed by atoms with Crippen LogP contribution in [0.3, 0.4) is 0 Å². The molecule has 0 aliphatic carbocycles. The highest BCUT2D eigenvalue weighted by atomic mass is 19.4. The Labute approximate surface area is 224 Å². The second-order valence-electron chi connectivity index (χ2n) is 9.15. The molecule has 3 aromatic carbocycles. The molecule has 3 aromatic rings. The van der Waals surface area contributed by atoms with Crippen molar-refractivity contribution in [2.45, 2.75) is 49.6 Å². The minimum absolute atomic E-state index is 0.110. The maximum atomic E-state index is 13.7. The molecule has 0 amide bonds. The number of alkyl halides is 9. The predicted molar refractivity (Wildman–Crippen MR) is 129 cm³/mol. The second kappa shape index (κ2) is 12.2. The average Bonchev–Trinajstić information content (AvgIpc) is 2.87. The van der Waals surface area contributed by atoms with Crippen LogP contribution in [0.5, 0.6) is 0 Å². The van der Waals surface area contributed by atoms with Gasteiger partial charge >= 0.3 is 25.9 Å². The molecule has 0 fully saturated rings. The van der Waals surface area contributed by atoms with Crippen LogP contribution >= 0.6 is 0 Å². The van der Waals surface area contributed by atoms with E-state index in [4.69, 9.17) is 10.0 Å². The van der Waals surface area contributed by atoms with E-state index in [2.05, 4.69) is 4.65 Å². The molecule has 0 unspecified atom stereocenters. The van der Waals surface area contributed by atoms with Gasteiger partial charge in [-0.3, -0.25) is 0 Å². The first-order chi connectivity index (χ1) is 18.5. The lowest BCUT2D eigenvalue weighted by Crippen LogP contribution is -2.31. The summed E-state index contributed by atoms with van der Waals surface area (Å²) in [6.07, 6.45) is -14.0. The molecule has 216 valence electrons. The Hall–Kier alpha value is -3.03. The van der Waals surface area contributed by atoms with E-state index >= 15 is 0 Å². The molecule has 0 radical (unpaired) electrons. The van der Waals surface area contributed by atoms with Gasteiger partial charge in [-0.1, -0.05) is 67.4 Å². The van der Waals surface area contributed by atoms with E-state index in [1.54, 1.807) is 0 Å². The topological polar surface area (TPSA) is 49.7 Å². The summed E-state index contributed by atoms with van der Waals surface area (Å²) in [6.45, 7) is -0.110. The van der Waals surface area contributed by atoms with Crippen molar-refractivity contribution >= 4 is 7.32 Å². The first kappa shape index (κ1) is 31.5. The van der Waals surface area contributed by atoms with E-state index in [0.29, 0.717) is 0 Å². The summed E-state index contributed by atoms with van der Waals surface area (Å²) in [4.78, 5) is 0. The number of halogens is 9. The smallest absolute Gasteiger partial charge is 0.402 e. The summed E-state index contributed by atoms with van der Waals surface area (Å²) in [5.41, 5.74) is -5.59. The van der Waals surface area contributed by atoms with Gasteiger partial charge < -0.3 is 14.7 Å². The zero-order valence-electron chi connectivity index (χ0n) is 20.7. The molecule has 0 heterocycles. The van der Waals surface area contributed by atoms with Gasteiger partial charge in [0.2, 0.25) is 0 Å². The third kappa shape index (κ3) is 7.58. The highest BCUT2D eigenvalue weighted by molar-refractivity contribution is 6.32. The number of unbranched alkanes of at least 4 members (excludes halogenated alkanes) is 2. The van der Waals surface area contributed by atoms with Gasteiger partial charge in [0.05, 0.1) is 16.7 Å². The van der Waals surface area contributed by atoms with Gasteiger partial charge in [-0.15, -0.1) is 0 Å². The van der Waals surface area contributed by atoms with Crippen LogP contribution in [0.4, 0.5) is 39.5 Å². The Morgan fingerprint density at radius 1 is 0.525 bits per heavy atom. The van der Waals surface area contributed by atoms with E-state index in [-0.39, 0.29) is 49.0 Å². The van der Waals surface area contributed by atoms with Gasteiger partial charge in [-0.2, -0.15) is 39.5 Å². The number of rotatable bonds is 10. The molecule has 0 aliphatic rings. The van der Waals surface area contributed by atoms with Crippen LogP contribution in [0, 0.1) is 0 Å². The van der Waals surface area contributed by atoms with Gasteiger partial charge in [0.25, 0.3) is 0 Å². The Morgan fingerprint density at radius 3 is 1.20 bits per heavy atom. The average molecular weight is 578 g/mol. The molecular formula is C27H24BF9O3. The first-order valence-electron chi connectivity index (χ1n) is 12.1. The third-order valence-corrected chi connectivity index (χ3v) is 6.51. The Morgan fingerprint density at radius 2 is 0.875 bits per heavy atom. The summed E-state index contributed by atoms with van der Waals surface area (Å²) in [7, 11) is -2.03. The third-order valence-electron chi connectivity index (χ3n) is 6.51. The van der Waals surface area contributed by atoms with Crippen molar-refractivity contribution in [3.8, 4) is 0 Å². The number of hydrogen-bond acceptors (Lipinski definition) is 3. The molecule has 0 bridgehead atoms. The molecule has 13 heteroatoms. The lowest BCUT2D eigenvalue weighted by molar-refractivity contribution is -0.138. The van der Waals surface area contributed by atoms with Crippen molar-refractivity contribution in [3.05, 3.63) is 106 Å². The molecule has 3 rings (SSSR count). The van der Waals surface area contributed by atoms with Crippen molar-refractivity contribution in [3.63, 3.8) is 0 Å². The Bertz CT molecular complexity index is 1130. The molecule has 0 saturated carbocycles. The summed E-state index contributed by atoms with van der Waals surface area (Å²) in [5.74, 6) is 0. The molecule has 0 saturated heterocycles. The fourth-order valence-electron chi connectivity index (χ4n) is 4.67. The minimum Gasteiger partial charge on any atom is -0.402 e. The standard InChI is InChI=1S/C27H24BF9O3/c29-25(30,31)21-10-4-7-18(15-21)24(13-2-1-3-14-40-28(38)39,19-8-5-11-22(16-19)26(32,33)34)20-9-6-12-23(17-20)27(35,36)37/h4-12,15-17,38-39H,1-3,13-14H2. The summed E-state index contributed by atoms with van der Waals surface area (Å²) in [5, 5.41) is 17.6. The molecular weight excluding hydrogens is 554 g/mol. The van der Waals surface area contributed by atoms with Crippen LogP contribution in [-0.2, 0) is 28.6 Å². The van der Waals surface area contributed by atoms with Crippen molar-refractivity contribution in [1.29, 1.82) is 0 Å². The largest absolute Gasteiger partial charge is 0.633 e. The van der Waals surface area contributed by atoms with Crippen molar-refractivity contribution in [1.82, 2.24) is 0 Å². The van der Waals surface area contributed by atoms with Gasteiger partial charge in [-0.25, -0.2) is 0 Å². The fraction of sp³-hybridized carbons (Fsp3) is 0.333. The van der Waals surface area contributed by atoms with E-state index in [1.807, 2.05) is 0 Å². The molecule has 0 atom stereocenters. The fourth-order valence-corrected chi connectivity index (χ4v) is 4.67. The van der Waals surface area contributed by atoms with E-state index in [9.17, 15) is 39.5 Å². The monoisotopic (exact) mass is 578 g/mol. The van der Waals surface area contributed by atoms with Gasteiger partial charge in [0.15, 0.2) is 0 Å². The van der Waals surface area contributed by atoms with Crippen molar-refractivity contribution < 1.29 is 54.2 Å². The maximum absolute atomic E-state index is 13.7. The van der Waals surface area contributed by atoms with E-state index in [1.165, 1.54) is 18.2 Å². The van der Waals surface area contributed by atoms with Crippen molar-refractivity contribution in [2.75, 3.05) is 6.61 Å². The van der Waals surface area contributed by atoms with E-state index in [0.717, 1.165) is 54.6 Å². The molecule has 2 N–H and O–H groups in total. The molecule has 40 heavy (non-hydrogen) atoms. The number of benzene rings is 3. The zero-order chi connectivity index (χ0) is 29.8. The molecule has 0 aromatic heterocycles. The van der Waals surface area contributed by atoms with Crippen LogP contribution in [-0.4, -0.2) is 24.0 Å². The van der Waals surface area contributed by atoms with Crippen LogP contribution in [0.1, 0.15) is 59.1 Å². The van der Waals surface area contributed by atoms with Crippen LogP contribution in [0.25, 0.3) is 0 Å². The molecule has 0 aliphatic heterocycles. The quantitative estimate of drug-likeness (QED) is 0.113. The van der Waals surface area contributed by atoms with Crippen LogP contribution < -0.4 is 0 Å². The normalized spacial score (nSPS) is 13.0. The SMILES string of the molecule is OB(O)OCCCCCC(c1cccc(C(F)(F)F)c1)(c1cccc(C(F)(F)F)c1)c1cccc(C(F)(F)F)c1. The maximum Gasteiger partial charge on any atom is 0.633 e. The summed E-state index contributed by atoms with van der Waals surface area (Å²) in [6, 6.07) is 11.5. The summed E-state index contributed by atoms with van der Waals surface area (Å²) < 4.78 is 128. The number of hydrogen-bond donors (Lipinski definition) is 2. The van der Waals surface area contributed by atoms with Gasteiger partial charge in [-0.05, 0) is 47.7 Å². The minimum atomic E-state index is -4.83. The summed E-state index contributed by atoms with van der Waals surface area (Å²) >= 11 is 0. The Kier molecular flexibility index (Phi) is 9.63. The Balaban J connectivity index is 2.28. The van der Waals surface area contributed by atoms with Crippen molar-refractivity contribution in [2.24, 2.45) is 0 Å². The van der Waals surface area contributed by atoms with Gasteiger partial charge in [0.1, 0.15) is 0 Å². The lowest BCUT2D eigenvalue weighted by atomic mass is 9.65.